The standard InChI is InChI=1S/C11H16N6.C2H6/c1-7-14-10-9(6-13-16-10)11(15-7)17-4-2-8(12)3-5-17;1-2/h6,8H,2-5,12H2,1H3,(H,13,14,15,16);1-2H3. The highest BCUT2D eigenvalue weighted by atomic mass is 15.2. The molecule has 104 valence electrons. The van der Waals surface area contributed by atoms with Crippen LogP contribution in [0.2, 0.25) is 0 Å². The van der Waals surface area contributed by atoms with Gasteiger partial charge in [-0.2, -0.15) is 5.10 Å². The molecule has 6 heteroatoms. The van der Waals surface area contributed by atoms with Crippen LogP contribution in [0.3, 0.4) is 0 Å². The molecule has 2 aromatic heterocycles. The van der Waals surface area contributed by atoms with E-state index >= 15 is 0 Å². The number of piperidine rings is 1. The van der Waals surface area contributed by atoms with Gasteiger partial charge in [0.05, 0.1) is 11.6 Å². The molecule has 19 heavy (non-hydrogen) atoms. The molecule has 3 N–H and O–H groups in total. The van der Waals surface area contributed by atoms with Crippen molar-refractivity contribution in [3.05, 3.63) is 12.0 Å². The molecule has 3 heterocycles. The molecule has 1 aliphatic heterocycles. The Morgan fingerprint density at radius 3 is 2.63 bits per heavy atom. The maximum atomic E-state index is 5.92. The highest BCUT2D eigenvalue weighted by Crippen LogP contribution is 2.24. The van der Waals surface area contributed by atoms with E-state index in [-0.39, 0.29) is 0 Å². The fourth-order valence-electron chi connectivity index (χ4n) is 2.28. The van der Waals surface area contributed by atoms with Crippen LogP contribution in [0, 0.1) is 6.92 Å². The first kappa shape index (κ1) is 13.7. The number of hydrogen-bond acceptors (Lipinski definition) is 5. The van der Waals surface area contributed by atoms with E-state index in [0.29, 0.717) is 6.04 Å². The van der Waals surface area contributed by atoms with Gasteiger partial charge < -0.3 is 10.6 Å². The first-order valence-corrected chi connectivity index (χ1v) is 6.92. The predicted octanol–water partition coefficient (Wildman–Crippen LogP) is 1.62. The lowest BCUT2D eigenvalue weighted by atomic mass is 10.1. The fraction of sp³-hybridized carbons (Fsp3) is 0.615. The molecule has 0 saturated carbocycles. The molecule has 0 atom stereocenters. The van der Waals surface area contributed by atoms with E-state index in [0.717, 1.165) is 48.6 Å². The molecule has 0 aromatic carbocycles. The van der Waals surface area contributed by atoms with Crippen LogP contribution in [0.1, 0.15) is 32.5 Å². The number of nitrogens with two attached hydrogens (primary N) is 1. The van der Waals surface area contributed by atoms with E-state index < -0.39 is 0 Å². The van der Waals surface area contributed by atoms with Crippen LogP contribution in [-0.2, 0) is 0 Å². The Morgan fingerprint density at radius 2 is 1.95 bits per heavy atom. The summed E-state index contributed by atoms with van der Waals surface area (Å²) >= 11 is 0. The topological polar surface area (TPSA) is 83.7 Å². The minimum absolute atomic E-state index is 0.328. The average Bonchev–Trinajstić information content (AvgIpc) is 2.89. The van der Waals surface area contributed by atoms with Crippen molar-refractivity contribution in [2.45, 2.75) is 39.7 Å². The normalized spacial score (nSPS) is 16.3. The average molecular weight is 262 g/mol. The lowest BCUT2D eigenvalue weighted by Gasteiger charge is -2.31. The van der Waals surface area contributed by atoms with Crippen molar-refractivity contribution in [3.63, 3.8) is 0 Å². The summed E-state index contributed by atoms with van der Waals surface area (Å²) in [5, 5.41) is 7.92. The smallest absolute Gasteiger partial charge is 0.161 e. The summed E-state index contributed by atoms with van der Waals surface area (Å²) < 4.78 is 0. The monoisotopic (exact) mass is 262 g/mol. The summed E-state index contributed by atoms with van der Waals surface area (Å²) in [5.74, 6) is 1.75. The van der Waals surface area contributed by atoms with Crippen molar-refractivity contribution in [1.82, 2.24) is 20.2 Å². The van der Waals surface area contributed by atoms with Crippen molar-refractivity contribution in [2.75, 3.05) is 18.0 Å². The SMILES string of the molecule is CC.Cc1nc(N2CCC(N)CC2)c2cn[nH]c2n1. The third-order valence-electron chi connectivity index (χ3n) is 3.24. The molecular formula is C13H22N6. The fourth-order valence-corrected chi connectivity index (χ4v) is 2.28. The minimum atomic E-state index is 0.328. The second-order valence-corrected chi connectivity index (χ2v) is 4.55. The number of aryl methyl sites for hydroxylation is 1. The van der Waals surface area contributed by atoms with E-state index in [1.807, 2.05) is 20.8 Å². The lowest BCUT2D eigenvalue weighted by Crippen LogP contribution is -2.40. The van der Waals surface area contributed by atoms with Gasteiger partial charge in [-0.15, -0.1) is 0 Å². The molecule has 0 radical (unpaired) electrons. The Morgan fingerprint density at radius 1 is 1.26 bits per heavy atom. The molecule has 0 amide bonds. The van der Waals surface area contributed by atoms with Crippen molar-refractivity contribution < 1.29 is 0 Å². The van der Waals surface area contributed by atoms with Crippen molar-refractivity contribution in [1.29, 1.82) is 0 Å². The van der Waals surface area contributed by atoms with E-state index in [4.69, 9.17) is 5.73 Å². The van der Waals surface area contributed by atoms with Gasteiger partial charge in [0.15, 0.2) is 5.65 Å². The Bertz CT molecular complexity index is 527. The number of aromatic amines is 1. The van der Waals surface area contributed by atoms with Crippen LogP contribution in [0.5, 0.6) is 0 Å². The molecule has 3 rings (SSSR count). The Labute approximate surface area is 113 Å². The first-order valence-electron chi connectivity index (χ1n) is 6.92. The van der Waals surface area contributed by atoms with Crippen LogP contribution in [0.25, 0.3) is 11.0 Å². The maximum absolute atomic E-state index is 5.92. The summed E-state index contributed by atoms with van der Waals surface area (Å²) in [7, 11) is 0. The molecule has 2 aromatic rings. The molecule has 1 saturated heterocycles. The largest absolute Gasteiger partial charge is 0.356 e. The predicted molar refractivity (Wildman–Crippen MR) is 77.2 cm³/mol. The van der Waals surface area contributed by atoms with Gasteiger partial charge in [0.25, 0.3) is 0 Å². The summed E-state index contributed by atoms with van der Waals surface area (Å²) in [5.41, 5.74) is 6.73. The van der Waals surface area contributed by atoms with Gasteiger partial charge in [-0.05, 0) is 19.8 Å². The van der Waals surface area contributed by atoms with Gasteiger partial charge in [-0.3, -0.25) is 5.10 Å². The maximum Gasteiger partial charge on any atom is 0.161 e. The van der Waals surface area contributed by atoms with Gasteiger partial charge in [0.2, 0.25) is 0 Å². The summed E-state index contributed by atoms with van der Waals surface area (Å²) in [4.78, 5) is 11.1. The lowest BCUT2D eigenvalue weighted by molar-refractivity contribution is 0.499. The Balaban J connectivity index is 0.000000637. The van der Waals surface area contributed by atoms with Gasteiger partial charge in [0.1, 0.15) is 11.6 Å². The van der Waals surface area contributed by atoms with Gasteiger partial charge in [-0.1, -0.05) is 13.8 Å². The second-order valence-electron chi connectivity index (χ2n) is 4.55. The molecular weight excluding hydrogens is 240 g/mol. The number of nitrogens with one attached hydrogen (secondary N) is 1. The zero-order chi connectivity index (χ0) is 13.8. The second kappa shape index (κ2) is 5.97. The van der Waals surface area contributed by atoms with Crippen molar-refractivity contribution in [2.24, 2.45) is 5.73 Å². The van der Waals surface area contributed by atoms with E-state index in [1.54, 1.807) is 6.20 Å². The zero-order valence-electron chi connectivity index (χ0n) is 11.8. The van der Waals surface area contributed by atoms with Crippen LogP contribution < -0.4 is 10.6 Å². The molecule has 0 spiro atoms. The third-order valence-corrected chi connectivity index (χ3v) is 3.24. The quantitative estimate of drug-likeness (QED) is 0.815. The van der Waals surface area contributed by atoms with Crippen molar-refractivity contribution >= 4 is 16.9 Å². The number of aromatic nitrogens is 4. The number of fused-ring (bicyclic) bond motifs is 1. The molecule has 0 bridgehead atoms. The number of H-pyrrole nitrogens is 1. The first-order chi connectivity index (χ1) is 9.24. The Kier molecular flexibility index (Phi) is 4.31. The molecule has 1 aliphatic rings. The van der Waals surface area contributed by atoms with Crippen LogP contribution >= 0.6 is 0 Å². The molecule has 6 nitrogen and oxygen atoms in total. The van der Waals surface area contributed by atoms with E-state index in [9.17, 15) is 0 Å². The Hall–Kier alpha value is -1.69. The molecule has 0 unspecified atom stereocenters. The van der Waals surface area contributed by atoms with E-state index in [1.165, 1.54) is 0 Å². The van der Waals surface area contributed by atoms with Crippen LogP contribution in [0.4, 0.5) is 5.82 Å². The van der Waals surface area contributed by atoms with Crippen LogP contribution in [-0.4, -0.2) is 39.3 Å². The number of nitrogens with zero attached hydrogens (tertiary/aromatic N) is 4. The summed E-state index contributed by atoms with van der Waals surface area (Å²) in [6.45, 7) is 7.81. The van der Waals surface area contributed by atoms with Gasteiger partial charge in [0, 0.05) is 19.1 Å². The van der Waals surface area contributed by atoms with E-state index in [2.05, 4.69) is 25.1 Å². The zero-order valence-corrected chi connectivity index (χ0v) is 11.8. The minimum Gasteiger partial charge on any atom is -0.356 e. The summed E-state index contributed by atoms with van der Waals surface area (Å²) in [6.07, 6.45) is 3.82. The molecule has 1 fully saturated rings. The van der Waals surface area contributed by atoms with Crippen molar-refractivity contribution in [3.8, 4) is 0 Å². The van der Waals surface area contributed by atoms with Crippen LogP contribution in [0.15, 0.2) is 6.20 Å². The van der Waals surface area contributed by atoms with Gasteiger partial charge in [-0.25, -0.2) is 9.97 Å². The number of hydrogen-bond donors (Lipinski definition) is 2. The number of rotatable bonds is 1. The highest BCUT2D eigenvalue weighted by Gasteiger charge is 2.20. The molecule has 0 aliphatic carbocycles. The highest BCUT2D eigenvalue weighted by molar-refractivity contribution is 5.86. The van der Waals surface area contributed by atoms with Gasteiger partial charge >= 0.3 is 0 Å². The summed E-state index contributed by atoms with van der Waals surface area (Å²) in [6, 6.07) is 0.328. The third kappa shape index (κ3) is 2.84. The number of anilines is 1.